The number of guanidine groups is 1. The van der Waals surface area contributed by atoms with Crippen LogP contribution in [0.5, 0.6) is 0 Å². The van der Waals surface area contributed by atoms with E-state index in [9.17, 15) is 4.39 Å². The first kappa shape index (κ1) is 20.9. The van der Waals surface area contributed by atoms with E-state index in [4.69, 9.17) is 4.42 Å². The molecule has 1 aromatic heterocycles. The topological polar surface area (TPSA) is 62.5 Å². The maximum atomic E-state index is 12.9. The maximum absolute atomic E-state index is 12.9. The lowest BCUT2D eigenvalue weighted by molar-refractivity contribution is 0.572. The van der Waals surface area contributed by atoms with Crippen LogP contribution in [0.4, 0.5) is 4.39 Å². The van der Waals surface area contributed by atoms with E-state index in [0.717, 1.165) is 23.2 Å². The minimum atomic E-state index is -0.221. The normalized spacial score (nSPS) is 11.0. The number of benzene rings is 2. The van der Waals surface area contributed by atoms with Crippen LogP contribution in [0.1, 0.15) is 11.3 Å². The van der Waals surface area contributed by atoms with Gasteiger partial charge in [-0.3, -0.25) is 4.99 Å². The van der Waals surface area contributed by atoms with Crippen molar-refractivity contribution in [1.82, 2.24) is 15.6 Å². The van der Waals surface area contributed by atoms with Crippen molar-refractivity contribution in [2.24, 2.45) is 4.99 Å². The van der Waals surface area contributed by atoms with Gasteiger partial charge in [0.25, 0.3) is 0 Å². The molecule has 0 unspecified atom stereocenters. The number of halogens is 2. The van der Waals surface area contributed by atoms with Gasteiger partial charge in [0.05, 0.1) is 12.2 Å². The minimum Gasteiger partial charge on any atom is -0.444 e. The van der Waals surface area contributed by atoms with Gasteiger partial charge in [-0.15, -0.1) is 24.0 Å². The first-order chi connectivity index (χ1) is 12.7. The molecular formula is C20H22FIN4O. The summed E-state index contributed by atoms with van der Waals surface area (Å²) in [6.07, 6.45) is 2.42. The summed E-state index contributed by atoms with van der Waals surface area (Å²) < 4.78 is 18.4. The maximum Gasteiger partial charge on any atom is 0.226 e. The van der Waals surface area contributed by atoms with Gasteiger partial charge in [0.15, 0.2) is 5.96 Å². The number of oxazole rings is 1. The Labute approximate surface area is 175 Å². The van der Waals surface area contributed by atoms with Crippen LogP contribution in [0.3, 0.4) is 0 Å². The van der Waals surface area contributed by atoms with E-state index in [1.807, 2.05) is 30.3 Å². The third kappa shape index (κ3) is 6.35. The van der Waals surface area contributed by atoms with Gasteiger partial charge in [0.1, 0.15) is 12.1 Å². The molecule has 0 bridgehead atoms. The molecule has 0 atom stereocenters. The molecule has 2 aromatic carbocycles. The number of nitrogens with one attached hydrogen (secondary N) is 2. The standard InChI is InChI=1S/C20H21FN4O.HI/c1-22-20(23-12-11-15-7-9-17(21)10-8-15)24-13-18-14-26-19(25-18)16-5-3-2-4-6-16;/h2-10,14H,11-13H2,1H3,(H2,22,23,24);1H. The number of hydrogen-bond acceptors (Lipinski definition) is 3. The molecule has 0 aliphatic carbocycles. The summed E-state index contributed by atoms with van der Waals surface area (Å²) in [7, 11) is 1.71. The molecule has 2 N–H and O–H groups in total. The van der Waals surface area contributed by atoms with Crippen molar-refractivity contribution in [2.45, 2.75) is 13.0 Å². The fraction of sp³-hybridized carbons (Fsp3) is 0.200. The molecule has 1 heterocycles. The van der Waals surface area contributed by atoms with Gasteiger partial charge >= 0.3 is 0 Å². The molecule has 142 valence electrons. The van der Waals surface area contributed by atoms with Gasteiger partial charge in [0, 0.05) is 19.2 Å². The highest BCUT2D eigenvalue weighted by molar-refractivity contribution is 14.0. The first-order valence-electron chi connectivity index (χ1n) is 8.43. The molecule has 5 nitrogen and oxygen atoms in total. The van der Waals surface area contributed by atoms with Crippen LogP contribution in [-0.2, 0) is 13.0 Å². The second-order valence-electron chi connectivity index (χ2n) is 5.74. The molecule has 0 spiro atoms. The van der Waals surface area contributed by atoms with Crippen molar-refractivity contribution < 1.29 is 8.81 Å². The molecule has 3 aromatic rings. The molecule has 0 amide bonds. The number of aliphatic imine (C=N–C) groups is 1. The molecule has 0 aliphatic rings. The second kappa shape index (κ2) is 10.7. The molecule has 0 fully saturated rings. The predicted octanol–water partition coefficient (Wildman–Crippen LogP) is 4.01. The van der Waals surface area contributed by atoms with Crippen LogP contribution in [0.2, 0.25) is 0 Å². The Morgan fingerprint density at radius 2 is 1.81 bits per heavy atom. The SMILES string of the molecule is CN=C(NCCc1ccc(F)cc1)NCc1coc(-c2ccccc2)n1.I. The molecule has 27 heavy (non-hydrogen) atoms. The fourth-order valence-corrected chi connectivity index (χ4v) is 2.47. The highest BCUT2D eigenvalue weighted by Gasteiger charge is 2.07. The zero-order chi connectivity index (χ0) is 18.2. The van der Waals surface area contributed by atoms with Crippen molar-refractivity contribution in [2.75, 3.05) is 13.6 Å². The summed E-state index contributed by atoms with van der Waals surface area (Å²) in [5.74, 6) is 1.06. The van der Waals surface area contributed by atoms with E-state index in [-0.39, 0.29) is 29.8 Å². The number of rotatable bonds is 6. The third-order valence-corrected chi connectivity index (χ3v) is 3.85. The quantitative estimate of drug-likeness (QED) is 0.318. The van der Waals surface area contributed by atoms with E-state index in [2.05, 4.69) is 20.6 Å². The Morgan fingerprint density at radius 3 is 2.52 bits per heavy atom. The molecule has 0 radical (unpaired) electrons. The smallest absolute Gasteiger partial charge is 0.226 e. The van der Waals surface area contributed by atoms with Crippen LogP contribution in [0.15, 0.2) is 70.3 Å². The van der Waals surface area contributed by atoms with Crippen LogP contribution in [-0.4, -0.2) is 24.5 Å². The van der Waals surface area contributed by atoms with Gasteiger partial charge in [-0.2, -0.15) is 0 Å². The van der Waals surface area contributed by atoms with Crippen LogP contribution >= 0.6 is 24.0 Å². The lowest BCUT2D eigenvalue weighted by Crippen LogP contribution is -2.37. The Hall–Kier alpha value is -2.42. The molecule has 0 saturated carbocycles. The third-order valence-electron chi connectivity index (χ3n) is 3.85. The molecule has 0 aliphatic heterocycles. The monoisotopic (exact) mass is 480 g/mol. The number of nitrogens with zero attached hydrogens (tertiary/aromatic N) is 2. The summed E-state index contributed by atoms with van der Waals surface area (Å²) in [4.78, 5) is 8.66. The Bertz CT molecular complexity index is 850. The minimum absolute atomic E-state index is 0. The van der Waals surface area contributed by atoms with Gasteiger partial charge in [-0.05, 0) is 36.2 Å². The average molecular weight is 480 g/mol. The van der Waals surface area contributed by atoms with E-state index in [1.165, 1.54) is 12.1 Å². The summed E-state index contributed by atoms with van der Waals surface area (Å²) >= 11 is 0. The molecule has 7 heteroatoms. The summed E-state index contributed by atoms with van der Waals surface area (Å²) in [6, 6.07) is 16.3. The van der Waals surface area contributed by atoms with Crippen molar-refractivity contribution in [3.8, 4) is 11.5 Å². The lowest BCUT2D eigenvalue weighted by atomic mass is 10.1. The van der Waals surface area contributed by atoms with Crippen molar-refractivity contribution in [3.05, 3.63) is 77.9 Å². The van der Waals surface area contributed by atoms with Gasteiger partial charge in [-0.1, -0.05) is 30.3 Å². The highest BCUT2D eigenvalue weighted by Crippen LogP contribution is 2.17. The van der Waals surface area contributed by atoms with Crippen molar-refractivity contribution in [1.29, 1.82) is 0 Å². The summed E-state index contributed by atoms with van der Waals surface area (Å²) in [6.45, 7) is 1.20. The fourth-order valence-electron chi connectivity index (χ4n) is 2.47. The Kier molecular flexibility index (Phi) is 8.25. The molecule has 0 saturated heterocycles. The van der Waals surface area contributed by atoms with Gasteiger partial charge < -0.3 is 15.1 Å². The highest BCUT2D eigenvalue weighted by atomic mass is 127. The number of hydrogen-bond donors (Lipinski definition) is 2. The van der Waals surface area contributed by atoms with Crippen molar-refractivity contribution in [3.63, 3.8) is 0 Å². The lowest BCUT2D eigenvalue weighted by Gasteiger charge is -2.10. The molecular weight excluding hydrogens is 458 g/mol. The van der Waals surface area contributed by atoms with Crippen LogP contribution in [0, 0.1) is 5.82 Å². The van der Waals surface area contributed by atoms with E-state index in [0.29, 0.717) is 24.9 Å². The van der Waals surface area contributed by atoms with Crippen LogP contribution in [0.25, 0.3) is 11.5 Å². The molecule has 3 rings (SSSR count). The largest absolute Gasteiger partial charge is 0.444 e. The van der Waals surface area contributed by atoms with Crippen LogP contribution < -0.4 is 10.6 Å². The zero-order valence-electron chi connectivity index (χ0n) is 15.0. The second-order valence-corrected chi connectivity index (χ2v) is 5.74. The van der Waals surface area contributed by atoms with E-state index < -0.39 is 0 Å². The number of aromatic nitrogens is 1. The van der Waals surface area contributed by atoms with Crippen molar-refractivity contribution >= 4 is 29.9 Å². The predicted molar refractivity (Wildman–Crippen MR) is 116 cm³/mol. The summed E-state index contributed by atoms with van der Waals surface area (Å²) in [5, 5.41) is 6.43. The van der Waals surface area contributed by atoms with Gasteiger partial charge in [0.2, 0.25) is 5.89 Å². The summed E-state index contributed by atoms with van der Waals surface area (Å²) in [5.41, 5.74) is 2.81. The van der Waals surface area contributed by atoms with Gasteiger partial charge in [-0.25, -0.2) is 9.37 Å². The Morgan fingerprint density at radius 1 is 1.07 bits per heavy atom. The Balaban J connectivity index is 0.00000261. The first-order valence-corrected chi connectivity index (χ1v) is 8.43. The average Bonchev–Trinajstić information content (AvgIpc) is 3.16. The van der Waals surface area contributed by atoms with E-state index in [1.54, 1.807) is 25.4 Å². The van der Waals surface area contributed by atoms with E-state index >= 15 is 0 Å². The zero-order valence-corrected chi connectivity index (χ0v) is 17.3.